The first-order valence-corrected chi connectivity index (χ1v) is 6.40. The molecule has 1 fully saturated rings. The molecule has 1 saturated heterocycles. The number of hydrogen-bond donors (Lipinski definition) is 0. The zero-order chi connectivity index (χ0) is 15.1. The minimum atomic E-state index is -5.52. The van der Waals surface area contributed by atoms with E-state index in [0.29, 0.717) is 6.54 Å². The molecule has 0 aliphatic carbocycles. The summed E-state index contributed by atoms with van der Waals surface area (Å²) in [5, 5.41) is 0. The van der Waals surface area contributed by atoms with E-state index in [1.807, 2.05) is 0 Å². The van der Waals surface area contributed by atoms with Crippen molar-refractivity contribution >= 4 is 8.53 Å². The van der Waals surface area contributed by atoms with E-state index >= 15 is 0 Å². The quantitative estimate of drug-likeness (QED) is 0.573. The molecule has 10 heteroatoms. The van der Waals surface area contributed by atoms with Crippen LogP contribution in [0.2, 0.25) is 0 Å². The van der Waals surface area contributed by atoms with Crippen molar-refractivity contribution in [3.8, 4) is 0 Å². The van der Waals surface area contributed by atoms with Gasteiger partial charge in [0.15, 0.2) is 0 Å². The van der Waals surface area contributed by atoms with Gasteiger partial charge in [0, 0.05) is 12.0 Å². The van der Waals surface area contributed by atoms with Crippen molar-refractivity contribution in [3.05, 3.63) is 0 Å². The van der Waals surface area contributed by atoms with E-state index in [2.05, 4.69) is 4.52 Å². The van der Waals surface area contributed by atoms with Crippen molar-refractivity contribution in [1.29, 1.82) is 0 Å². The predicted molar refractivity (Wildman–Crippen MR) is 56.3 cm³/mol. The third-order valence-electron chi connectivity index (χ3n) is 2.29. The molecule has 0 amide bonds. The minimum absolute atomic E-state index is 0.0471. The molecule has 0 spiro atoms. The van der Waals surface area contributed by atoms with Gasteiger partial charge >= 0.3 is 12.4 Å². The molecular weight excluding hydrogens is 299 g/mol. The van der Waals surface area contributed by atoms with E-state index in [4.69, 9.17) is 4.52 Å². The molecule has 3 nitrogen and oxygen atoms in total. The summed E-state index contributed by atoms with van der Waals surface area (Å²) in [4.78, 5) is 0. The molecule has 1 rings (SSSR count). The van der Waals surface area contributed by atoms with Gasteiger partial charge in [0.1, 0.15) is 0 Å². The van der Waals surface area contributed by atoms with Gasteiger partial charge in [0.2, 0.25) is 0 Å². The molecule has 0 saturated carbocycles. The lowest BCUT2D eigenvalue weighted by Crippen LogP contribution is -2.46. The van der Waals surface area contributed by atoms with Gasteiger partial charge in [-0.25, -0.2) is 4.67 Å². The van der Waals surface area contributed by atoms with E-state index in [1.54, 1.807) is 13.8 Å². The highest BCUT2D eigenvalue weighted by Crippen LogP contribution is 2.53. The van der Waals surface area contributed by atoms with Gasteiger partial charge in [-0.3, -0.25) is 4.52 Å². The first-order chi connectivity index (χ1) is 8.33. The highest BCUT2D eigenvalue weighted by molar-refractivity contribution is 7.44. The molecule has 0 aromatic rings. The SMILES string of the molecule is CN1CC(C)(C)COP1OC(C(F)(F)F)C(F)(F)F. The number of nitrogens with zero attached hydrogens (tertiary/aromatic N) is 1. The summed E-state index contributed by atoms with van der Waals surface area (Å²) in [5.74, 6) is 0. The summed E-state index contributed by atoms with van der Waals surface area (Å²) < 4.78 is 84.4. The van der Waals surface area contributed by atoms with Crippen LogP contribution in [0.15, 0.2) is 0 Å². The summed E-state index contributed by atoms with van der Waals surface area (Å²) >= 11 is 0. The largest absolute Gasteiger partial charge is 0.424 e. The van der Waals surface area contributed by atoms with Crippen LogP contribution in [-0.2, 0) is 9.05 Å². The Labute approximate surface area is 107 Å². The van der Waals surface area contributed by atoms with Crippen molar-refractivity contribution in [2.24, 2.45) is 5.41 Å². The van der Waals surface area contributed by atoms with Gasteiger partial charge in [0.05, 0.1) is 6.61 Å². The van der Waals surface area contributed by atoms with Crippen LogP contribution in [0.4, 0.5) is 26.3 Å². The Morgan fingerprint density at radius 3 is 2.00 bits per heavy atom. The zero-order valence-corrected chi connectivity index (χ0v) is 11.4. The van der Waals surface area contributed by atoms with E-state index in [1.165, 1.54) is 11.7 Å². The van der Waals surface area contributed by atoms with Crippen molar-refractivity contribution in [3.63, 3.8) is 0 Å². The molecule has 19 heavy (non-hydrogen) atoms. The van der Waals surface area contributed by atoms with Crippen LogP contribution < -0.4 is 0 Å². The average molecular weight is 313 g/mol. The summed E-state index contributed by atoms with van der Waals surface area (Å²) in [7, 11) is -0.995. The molecule has 0 N–H and O–H groups in total. The number of alkyl halides is 6. The maximum absolute atomic E-state index is 12.3. The lowest BCUT2D eigenvalue weighted by atomic mass is 9.95. The van der Waals surface area contributed by atoms with Crippen LogP contribution in [-0.4, -0.2) is 43.3 Å². The topological polar surface area (TPSA) is 21.7 Å². The highest BCUT2D eigenvalue weighted by Gasteiger charge is 2.60. The van der Waals surface area contributed by atoms with Gasteiger partial charge in [-0.15, -0.1) is 0 Å². The predicted octanol–water partition coefficient (Wildman–Crippen LogP) is 3.71. The molecule has 0 radical (unpaired) electrons. The molecule has 1 aliphatic rings. The smallest absolute Gasteiger partial charge is 0.321 e. The molecular formula is C9H14F6NO2P. The lowest BCUT2D eigenvalue weighted by molar-refractivity contribution is -0.301. The standard InChI is InChI=1S/C9H14F6NO2P/c1-7(2)4-16(3)19(17-5-7)18-6(8(10,11)12)9(13,14)15/h6H,4-5H2,1-3H3. The highest BCUT2D eigenvalue weighted by atomic mass is 31.2. The molecule has 1 aliphatic heterocycles. The first kappa shape index (κ1) is 16.9. The Morgan fingerprint density at radius 1 is 1.16 bits per heavy atom. The number of hydrogen-bond acceptors (Lipinski definition) is 3. The van der Waals surface area contributed by atoms with Crippen molar-refractivity contribution in [2.45, 2.75) is 32.3 Å². The van der Waals surface area contributed by atoms with Crippen molar-refractivity contribution in [1.82, 2.24) is 4.67 Å². The molecule has 1 unspecified atom stereocenters. The third kappa shape index (κ3) is 4.73. The molecule has 0 aromatic heterocycles. The van der Waals surface area contributed by atoms with Crippen molar-refractivity contribution < 1.29 is 35.4 Å². The first-order valence-electron chi connectivity index (χ1n) is 5.27. The fraction of sp³-hybridized carbons (Fsp3) is 1.00. The second-order valence-corrected chi connectivity index (χ2v) is 6.69. The Balaban J connectivity index is 2.77. The van der Waals surface area contributed by atoms with Crippen LogP contribution >= 0.6 is 8.53 Å². The molecule has 0 bridgehead atoms. The van der Waals surface area contributed by atoms with Gasteiger partial charge in [-0.1, -0.05) is 13.8 Å². The van der Waals surface area contributed by atoms with Crippen LogP contribution in [0.3, 0.4) is 0 Å². The fourth-order valence-electron chi connectivity index (χ4n) is 1.56. The third-order valence-corrected chi connectivity index (χ3v) is 3.73. The summed E-state index contributed by atoms with van der Waals surface area (Å²) in [6.45, 7) is 3.93. The van der Waals surface area contributed by atoms with Crippen LogP contribution in [0.1, 0.15) is 13.8 Å². The fourth-order valence-corrected chi connectivity index (χ4v) is 3.35. The molecule has 1 heterocycles. The Morgan fingerprint density at radius 2 is 1.63 bits per heavy atom. The van der Waals surface area contributed by atoms with Crippen LogP contribution in [0.25, 0.3) is 0 Å². The van der Waals surface area contributed by atoms with Gasteiger partial charge in [-0.2, -0.15) is 26.3 Å². The monoisotopic (exact) mass is 313 g/mol. The van der Waals surface area contributed by atoms with E-state index in [9.17, 15) is 26.3 Å². The Hall–Kier alpha value is -0.110. The minimum Gasteiger partial charge on any atom is -0.321 e. The summed E-state index contributed by atoms with van der Waals surface area (Å²) in [6.07, 6.45) is -14.9. The summed E-state index contributed by atoms with van der Waals surface area (Å²) in [6, 6.07) is 0. The maximum Gasteiger partial charge on any atom is 0.424 e. The maximum atomic E-state index is 12.3. The Kier molecular flexibility index (Phi) is 4.77. The Bertz CT molecular complexity index is 305. The van der Waals surface area contributed by atoms with E-state index < -0.39 is 27.0 Å². The average Bonchev–Trinajstić information content (AvgIpc) is 2.10. The second-order valence-electron chi connectivity index (χ2n) is 5.06. The second kappa shape index (κ2) is 5.35. The lowest BCUT2D eigenvalue weighted by Gasteiger charge is -2.41. The van der Waals surface area contributed by atoms with Gasteiger partial charge in [0.25, 0.3) is 14.6 Å². The van der Waals surface area contributed by atoms with Gasteiger partial charge in [-0.05, 0) is 7.05 Å². The van der Waals surface area contributed by atoms with Crippen LogP contribution in [0.5, 0.6) is 0 Å². The summed E-state index contributed by atoms with van der Waals surface area (Å²) in [5.41, 5.74) is -0.344. The van der Waals surface area contributed by atoms with Crippen molar-refractivity contribution in [2.75, 3.05) is 20.2 Å². The van der Waals surface area contributed by atoms with Gasteiger partial charge < -0.3 is 4.52 Å². The zero-order valence-electron chi connectivity index (χ0n) is 10.5. The molecule has 1 atom stereocenters. The normalized spacial score (nSPS) is 25.9. The van der Waals surface area contributed by atoms with E-state index in [0.717, 1.165) is 0 Å². The van der Waals surface area contributed by atoms with Crippen LogP contribution in [0, 0.1) is 5.41 Å². The number of rotatable bonds is 2. The molecule has 0 aromatic carbocycles. The molecule has 114 valence electrons. The number of halogens is 6. The van der Waals surface area contributed by atoms with E-state index in [-0.39, 0.29) is 12.0 Å².